The zero-order chi connectivity index (χ0) is 15.6. The third kappa shape index (κ3) is 3.76. The third-order valence-corrected chi connectivity index (χ3v) is 5.61. The van der Waals surface area contributed by atoms with E-state index in [9.17, 15) is 4.79 Å². The molecule has 1 aromatic rings. The first-order valence-electron chi connectivity index (χ1n) is 9.02. The van der Waals surface area contributed by atoms with Crippen molar-refractivity contribution in [2.45, 2.75) is 62.8 Å². The quantitative estimate of drug-likeness (QED) is 0.881. The van der Waals surface area contributed by atoms with Crippen LogP contribution in [0.4, 0.5) is 0 Å². The highest BCUT2D eigenvalue weighted by Crippen LogP contribution is 2.34. The van der Waals surface area contributed by atoms with Gasteiger partial charge in [0.05, 0.1) is 12.0 Å². The van der Waals surface area contributed by atoms with E-state index in [1.807, 2.05) is 18.2 Å². The molecule has 4 rings (SSSR count). The van der Waals surface area contributed by atoms with Gasteiger partial charge in [0.2, 0.25) is 5.91 Å². The van der Waals surface area contributed by atoms with Gasteiger partial charge < -0.3 is 15.4 Å². The fourth-order valence-electron chi connectivity index (χ4n) is 4.50. The SMILES string of the molecule is Cl.O=C(NC1CC2CCC(C1)N2)C1CCCOC1c1ccccc1. The molecule has 3 aliphatic rings. The van der Waals surface area contributed by atoms with E-state index in [1.54, 1.807) is 0 Å². The second-order valence-corrected chi connectivity index (χ2v) is 7.27. The number of benzene rings is 1. The Kier molecular flexibility index (Phi) is 5.80. The number of rotatable bonds is 3. The van der Waals surface area contributed by atoms with E-state index in [4.69, 9.17) is 4.74 Å². The van der Waals surface area contributed by atoms with Gasteiger partial charge in [-0.2, -0.15) is 0 Å². The molecule has 3 saturated heterocycles. The molecule has 24 heavy (non-hydrogen) atoms. The van der Waals surface area contributed by atoms with Crippen LogP contribution in [0.2, 0.25) is 0 Å². The summed E-state index contributed by atoms with van der Waals surface area (Å²) in [6.45, 7) is 0.751. The predicted molar refractivity (Wildman–Crippen MR) is 96.2 cm³/mol. The molecular formula is C19H27ClN2O2. The summed E-state index contributed by atoms with van der Waals surface area (Å²) in [5.74, 6) is 0.128. The number of hydrogen-bond acceptors (Lipinski definition) is 3. The number of piperidine rings is 1. The van der Waals surface area contributed by atoms with Crippen LogP contribution in [0.1, 0.15) is 50.2 Å². The fraction of sp³-hybridized carbons (Fsp3) is 0.632. The van der Waals surface area contributed by atoms with Crippen LogP contribution in [-0.2, 0) is 9.53 Å². The number of ether oxygens (including phenoxy) is 1. The minimum absolute atomic E-state index is 0. The van der Waals surface area contributed by atoms with Gasteiger partial charge in [-0.15, -0.1) is 12.4 Å². The Morgan fingerprint density at radius 3 is 2.50 bits per heavy atom. The molecule has 4 nitrogen and oxygen atoms in total. The van der Waals surface area contributed by atoms with E-state index >= 15 is 0 Å². The van der Waals surface area contributed by atoms with Gasteiger partial charge in [-0.25, -0.2) is 0 Å². The average molecular weight is 351 g/mol. The van der Waals surface area contributed by atoms with E-state index in [1.165, 1.54) is 12.8 Å². The van der Waals surface area contributed by atoms with Gasteiger partial charge >= 0.3 is 0 Å². The summed E-state index contributed by atoms with van der Waals surface area (Å²) in [5, 5.41) is 6.96. The second kappa shape index (κ2) is 7.85. The van der Waals surface area contributed by atoms with Gasteiger partial charge in [0.25, 0.3) is 0 Å². The molecule has 132 valence electrons. The number of carbonyl (C=O) groups is 1. The van der Waals surface area contributed by atoms with Crippen LogP contribution in [0.25, 0.3) is 0 Å². The summed E-state index contributed by atoms with van der Waals surface area (Å²) >= 11 is 0. The molecule has 2 N–H and O–H groups in total. The maximum atomic E-state index is 12.9. The van der Waals surface area contributed by atoms with E-state index in [2.05, 4.69) is 22.8 Å². The van der Waals surface area contributed by atoms with Crippen LogP contribution in [-0.4, -0.2) is 30.6 Å². The lowest BCUT2D eigenvalue weighted by atomic mass is 9.88. The van der Waals surface area contributed by atoms with Gasteiger partial charge in [-0.1, -0.05) is 30.3 Å². The summed E-state index contributed by atoms with van der Waals surface area (Å²) < 4.78 is 5.97. The van der Waals surface area contributed by atoms with E-state index < -0.39 is 0 Å². The van der Waals surface area contributed by atoms with Crippen molar-refractivity contribution >= 4 is 18.3 Å². The Balaban J connectivity index is 0.00000169. The third-order valence-electron chi connectivity index (χ3n) is 5.61. The normalized spacial score (nSPS) is 35.1. The topological polar surface area (TPSA) is 50.4 Å². The van der Waals surface area contributed by atoms with Gasteiger partial charge in [0.1, 0.15) is 0 Å². The summed E-state index contributed by atoms with van der Waals surface area (Å²) in [4.78, 5) is 12.9. The molecule has 1 aromatic carbocycles. The number of hydrogen-bond donors (Lipinski definition) is 2. The Morgan fingerprint density at radius 1 is 1.08 bits per heavy atom. The molecule has 2 bridgehead atoms. The van der Waals surface area contributed by atoms with Gasteiger partial charge in [0, 0.05) is 24.7 Å². The molecule has 0 saturated carbocycles. The predicted octanol–water partition coefficient (Wildman–Crippen LogP) is 2.98. The average Bonchev–Trinajstić information content (AvgIpc) is 2.94. The number of nitrogens with one attached hydrogen (secondary N) is 2. The molecule has 0 aromatic heterocycles. The minimum atomic E-state index is -0.0941. The number of halogens is 1. The largest absolute Gasteiger partial charge is 0.373 e. The molecule has 5 heteroatoms. The number of carbonyl (C=O) groups excluding carboxylic acids is 1. The first kappa shape index (κ1) is 17.7. The monoisotopic (exact) mass is 350 g/mol. The van der Waals surface area contributed by atoms with Crippen LogP contribution in [0.3, 0.4) is 0 Å². The van der Waals surface area contributed by atoms with Crippen molar-refractivity contribution in [2.75, 3.05) is 6.61 Å². The maximum absolute atomic E-state index is 12.9. The van der Waals surface area contributed by atoms with Gasteiger partial charge in [-0.3, -0.25) is 4.79 Å². The van der Waals surface area contributed by atoms with Crippen LogP contribution >= 0.6 is 12.4 Å². The zero-order valence-corrected chi connectivity index (χ0v) is 14.8. The molecule has 0 aliphatic carbocycles. The van der Waals surface area contributed by atoms with Crippen molar-refractivity contribution < 1.29 is 9.53 Å². The van der Waals surface area contributed by atoms with E-state index in [0.717, 1.165) is 37.9 Å². The van der Waals surface area contributed by atoms with Crippen LogP contribution in [0.15, 0.2) is 30.3 Å². The summed E-state index contributed by atoms with van der Waals surface area (Å²) in [5.41, 5.74) is 1.12. The molecule has 3 fully saturated rings. The molecule has 3 heterocycles. The zero-order valence-electron chi connectivity index (χ0n) is 13.9. The standard InChI is InChI=1S/C19H26N2O2.ClH/c22-19(21-16-11-14-8-9-15(12-16)20-14)17-7-4-10-23-18(17)13-5-2-1-3-6-13;/h1-3,5-6,14-18,20H,4,7-12H2,(H,21,22);1H. The smallest absolute Gasteiger partial charge is 0.226 e. The van der Waals surface area contributed by atoms with E-state index in [-0.39, 0.29) is 30.3 Å². The Morgan fingerprint density at radius 2 is 1.79 bits per heavy atom. The van der Waals surface area contributed by atoms with Crippen molar-refractivity contribution in [1.82, 2.24) is 10.6 Å². The van der Waals surface area contributed by atoms with Crippen LogP contribution in [0.5, 0.6) is 0 Å². The highest BCUT2D eigenvalue weighted by molar-refractivity contribution is 5.85. The number of fused-ring (bicyclic) bond motifs is 2. The molecular weight excluding hydrogens is 324 g/mol. The van der Waals surface area contributed by atoms with Gasteiger partial charge in [-0.05, 0) is 44.1 Å². The lowest BCUT2D eigenvalue weighted by Crippen LogP contribution is -2.50. The van der Waals surface area contributed by atoms with Crippen molar-refractivity contribution in [3.63, 3.8) is 0 Å². The molecule has 1 amide bonds. The Labute approximate surface area is 150 Å². The highest BCUT2D eigenvalue weighted by Gasteiger charge is 2.37. The second-order valence-electron chi connectivity index (χ2n) is 7.27. The summed E-state index contributed by atoms with van der Waals surface area (Å²) in [6.07, 6.45) is 6.47. The molecule has 4 unspecified atom stereocenters. The lowest BCUT2D eigenvalue weighted by Gasteiger charge is -2.34. The van der Waals surface area contributed by atoms with Crippen LogP contribution in [0, 0.1) is 5.92 Å². The van der Waals surface area contributed by atoms with E-state index in [0.29, 0.717) is 18.1 Å². The highest BCUT2D eigenvalue weighted by atomic mass is 35.5. The first-order valence-corrected chi connectivity index (χ1v) is 9.02. The minimum Gasteiger partial charge on any atom is -0.373 e. The molecule has 0 spiro atoms. The fourth-order valence-corrected chi connectivity index (χ4v) is 4.50. The van der Waals surface area contributed by atoms with Crippen molar-refractivity contribution in [3.05, 3.63) is 35.9 Å². The lowest BCUT2D eigenvalue weighted by molar-refractivity contribution is -0.135. The molecule has 4 atom stereocenters. The molecule has 0 radical (unpaired) electrons. The van der Waals surface area contributed by atoms with Gasteiger partial charge in [0.15, 0.2) is 0 Å². The first-order chi connectivity index (χ1) is 11.3. The maximum Gasteiger partial charge on any atom is 0.226 e. The Hall–Kier alpha value is -1.10. The molecule has 3 aliphatic heterocycles. The van der Waals surface area contributed by atoms with Crippen molar-refractivity contribution in [2.24, 2.45) is 5.92 Å². The number of amides is 1. The Bertz CT molecular complexity index is 542. The summed E-state index contributed by atoms with van der Waals surface area (Å²) in [6, 6.07) is 11.7. The van der Waals surface area contributed by atoms with Crippen molar-refractivity contribution in [1.29, 1.82) is 0 Å². The summed E-state index contributed by atoms with van der Waals surface area (Å²) in [7, 11) is 0. The van der Waals surface area contributed by atoms with Crippen LogP contribution < -0.4 is 10.6 Å². The van der Waals surface area contributed by atoms with Crippen molar-refractivity contribution in [3.8, 4) is 0 Å².